The van der Waals surface area contributed by atoms with E-state index in [4.69, 9.17) is 0 Å². The molecule has 0 atom stereocenters. The molecule has 0 saturated heterocycles. The molecule has 0 N–H and O–H groups in total. The Kier molecular flexibility index (Phi) is 26.9. The normalized spacial score (nSPS) is 11.7. The molecular formula is C52H82S4. The van der Waals surface area contributed by atoms with Gasteiger partial charge in [0.2, 0.25) is 0 Å². The van der Waals surface area contributed by atoms with E-state index in [9.17, 15) is 0 Å². The van der Waals surface area contributed by atoms with E-state index in [1.807, 2.05) is 45.3 Å². The Balaban J connectivity index is 1.05. The molecule has 314 valence electrons. The van der Waals surface area contributed by atoms with Gasteiger partial charge < -0.3 is 0 Å². The first-order chi connectivity index (χ1) is 27.8. The Bertz CT molecular complexity index is 1350. The molecule has 4 rings (SSSR count). The smallest absolute Gasteiger partial charge is 0.0474 e. The maximum Gasteiger partial charge on any atom is 0.0474 e. The van der Waals surface area contributed by atoms with E-state index in [1.54, 1.807) is 11.1 Å². The van der Waals surface area contributed by atoms with Crippen LogP contribution < -0.4 is 0 Å². The van der Waals surface area contributed by atoms with Gasteiger partial charge in [-0.3, -0.25) is 0 Å². The molecule has 0 fully saturated rings. The zero-order valence-corrected chi connectivity index (χ0v) is 39.6. The predicted molar refractivity (Wildman–Crippen MR) is 261 cm³/mol. The minimum atomic E-state index is 1.23. The molecule has 0 saturated carbocycles. The molecule has 56 heavy (non-hydrogen) atoms. The van der Waals surface area contributed by atoms with Crippen molar-refractivity contribution in [2.45, 2.75) is 232 Å². The fourth-order valence-electron chi connectivity index (χ4n) is 8.41. The lowest BCUT2D eigenvalue weighted by Crippen LogP contribution is -1.86. The zero-order valence-electron chi connectivity index (χ0n) is 36.3. The van der Waals surface area contributed by atoms with Crippen LogP contribution >= 0.6 is 45.3 Å². The van der Waals surface area contributed by atoms with Crippen molar-refractivity contribution in [3.05, 3.63) is 58.3 Å². The maximum absolute atomic E-state index is 2.39. The van der Waals surface area contributed by atoms with Crippen LogP contribution in [0.5, 0.6) is 0 Å². The number of thiophene rings is 4. The fraction of sp³-hybridized carbons (Fsp3) is 0.692. The first kappa shape index (κ1) is 47.5. The molecule has 0 nitrogen and oxygen atoms in total. The van der Waals surface area contributed by atoms with Crippen LogP contribution in [0, 0.1) is 0 Å². The Labute approximate surface area is 362 Å². The topological polar surface area (TPSA) is 0 Å². The molecule has 0 spiro atoms. The Morgan fingerprint density at radius 1 is 0.286 bits per heavy atom. The third kappa shape index (κ3) is 19.7. The van der Waals surface area contributed by atoms with Gasteiger partial charge in [-0.2, -0.15) is 0 Å². The second kappa shape index (κ2) is 31.7. The molecule has 0 aliphatic heterocycles. The van der Waals surface area contributed by atoms with Crippen molar-refractivity contribution in [2.24, 2.45) is 0 Å². The molecule has 0 aliphatic carbocycles. The van der Waals surface area contributed by atoms with Gasteiger partial charge in [-0.15, -0.1) is 45.3 Å². The predicted octanol–water partition coefficient (Wildman–Crippen LogP) is 20.5. The summed E-state index contributed by atoms with van der Waals surface area (Å²) in [7, 11) is 0. The zero-order chi connectivity index (χ0) is 39.1. The van der Waals surface area contributed by atoms with Crippen molar-refractivity contribution in [3.8, 4) is 29.3 Å². The first-order valence-electron chi connectivity index (χ1n) is 24.1. The second-order valence-electron chi connectivity index (χ2n) is 17.0. The van der Waals surface area contributed by atoms with Crippen LogP contribution in [-0.2, 0) is 12.8 Å². The highest BCUT2D eigenvalue weighted by atomic mass is 32.1. The van der Waals surface area contributed by atoms with Crippen LogP contribution in [0.2, 0.25) is 0 Å². The van der Waals surface area contributed by atoms with Crippen LogP contribution in [0.3, 0.4) is 0 Å². The molecule has 4 heterocycles. The quantitative estimate of drug-likeness (QED) is 0.0397. The van der Waals surface area contributed by atoms with Gasteiger partial charge in [0.15, 0.2) is 0 Å². The van der Waals surface area contributed by atoms with Gasteiger partial charge in [0.1, 0.15) is 0 Å². The average molecular weight is 835 g/mol. The SMILES string of the molecule is CCCCCCCCCCCCCCCCCCc1ccsc1-c1ccc(-c2ccc(-c3sccc3CCCCCCCCCCCCCCCCCC)s2)s1. The summed E-state index contributed by atoms with van der Waals surface area (Å²) < 4.78 is 0. The molecule has 4 heteroatoms. The van der Waals surface area contributed by atoms with Crippen molar-refractivity contribution in [1.82, 2.24) is 0 Å². The van der Waals surface area contributed by atoms with Crippen LogP contribution in [0.15, 0.2) is 47.2 Å². The van der Waals surface area contributed by atoms with Crippen molar-refractivity contribution < 1.29 is 0 Å². The monoisotopic (exact) mass is 835 g/mol. The molecule has 4 aromatic heterocycles. The van der Waals surface area contributed by atoms with Crippen LogP contribution in [0.1, 0.15) is 230 Å². The third-order valence-corrected chi connectivity index (χ3v) is 16.6. The molecule has 0 amide bonds. The molecule has 0 aliphatic rings. The summed E-state index contributed by atoms with van der Waals surface area (Å²) >= 11 is 7.87. The van der Waals surface area contributed by atoms with Gasteiger partial charge in [-0.25, -0.2) is 0 Å². The molecule has 0 bridgehead atoms. The van der Waals surface area contributed by atoms with Crippen molar-refractivity contribution in [1.29, 1.82) is 0 Å². The molecule has 4 aromatic rings. The number of unbranched alkanes of at least 4 members (excludes halogenated alkanes) is 30. The van der Waals surface area contributed by atoms with E-state index in [0.29, 0.717) is 0 Å². The van der Waals surface area contributed by atoms with Crippen LogP contribution in [0.4, 0.5) is 0 Å². The summed E-state index contributed by atoms with van der Waals surface area (Å²) in [4.78, 5) is 8.79. The van der Waals surface area contributed by atoms with Gasteiger partial charge in [-0.1, -0.05) is 206 Å². The first-order valence-corrected chi connectivity index (χ1v) is 27.5. The fourth-order valence-corrected chi connectivity index (χ4v) is 12.7. The molecule has 0 unspecified atom stereocenters. The highest BCUT2D eigenvalue weighted by Gasteiger charge is 2.14. The highest BCUT2D eigenvalue weighted by molar-refractivity contribution is 7.28. The Hall–Kier alpha value is -1.20. The minimum absolute atomic E-state index is 1.23. The van der Waals surface area contributed by atoms with E-state index in [-0.39, 0.29) is 0 Å². The molecule has 0 aromatic carbocycles. The standard InChI is InChI=1S/C52H82S4/c1-3-5-7-9-11-13-15-17-19-21-23-25-27-29-31-33-35-45-41-43-53-51(45)49-39-37-47(55-49)48-38-40-50(56-48)52-46(42-44-54-52)36-34-32-30-28-26-24-22-20-18-16-14-12-10-8-6-4-2/h37-44H,3-36H2,1-2H3. The summed E-state index contributed by atoms with van der Waals surface area (Å²) in [6.45, 7) is 4.62. The van der Waals surface area contributed by atoms with Crippen molar-refractivity contribution in [2.75, 3.05) is 0 Å². The largest absolute Gasteiger partial charge is 0.143 e. The number of aryl methyl sites for hydroxylation is 2. The van der Waals surface area contributed by atoms with E-state index < -0.39 is 0 Å². The van der Waals surface area contributed by atoms with Crippen LogP contribution in [0.25, 0.3) is 29.3 Å². The summed E-state index contributed by atoms with van der Waals surface area (Å²) in [5, 5.41) is 4.63. The van der Waals surface area contributed by atoms with E-state index in [2.05, 4.69) is 61.0 Å². The summed E-state index contributed by atoms with van der Waals surface area (Å²) in [6, 6.07) is 14.3. The molecule has 0 radical (unpaired) electrons. The van der Waals surface area contributed by atoms with Gasteiger partial charge in [0.25, 0.3) is 0 Å². The van der Waals surface area contributed by atoms with Gasteiger partial charge in [0.05, 0.1) is 0 Å². The summed E-state index contributed by atoms with van der Waals surface area (Å²) in [5.41, 5.74) is 3.14. The van der Waals surface area contributed by atoms with Crippen molar-refractivity contribution in [3.63, 3.8) is 0 Å². The van der Waals surface area contributed by atoms with E-state index in [0.717, 1.165) is 0 Å². The highest BCUT2D eigenvalue weighted by Crippen LogP contribution is 2.44. The maximum atomic E-state index is 2.39. The van der Waals surface area contributed by atoms with Crippen LogP contribution in [-0.4, -0.2) is 0 Å². The lowest BCUT2D eigenvalue weighted by molar-refractivity contribution is 0.529. The number of hydrogen-bond acceptors (Lipinski definition) is 4. The Morgan fingerprint density at radius 3 is 0.821 bits per heavy atom. The summed E-state index contributed by atoms with van der Waals surface area (Å²) in [6.07, 6.45) is 48.3. The molecular weight excluding hydrogens is 753 g/mol. The lowest BCUT2D eigenvalue weighted by atomic mass is 10.0. The van der Waals surface area contributed by atoms with Gasteiger partial charge in [0, 0.05) is 29.3 Å². The summed E-state index contributed by atoms with van der Waals surface area (Å²) in [5.74, 6) is 0. The second-order valence-corrected chi connectivity index (χ2v) is 21.0. The van der Waals surface area contributed by atoms with E-state index in [1.165, 1.54) is 248 Å². The Morgan fingerprint density at radius 2 is 0.536 bits per heavy atom. The van der Waals surface area contributed by atoms with E-state index >= 15 is 0 Å². The van der Waals surface area contributed by atoms with Gasteiger partial charge in [-0.05, 0) is 84.0 Å². The number of rotatable bonds is 37. The van der Waals surface area contributed by atoms with Crippen molar-refractivity contribution >= 4 is 45.3 Å². The third-order valence-electron chi connectivity index (χ3n) is 12.0. The minimum Gasteiger partial charge on any atom is -0.143 e. The number of hydrogen-bond donors (Lipinski definition) is 0. The average Bonchev–Trinajstić information content (AvgIpc) is 4.05. The lowest BCUT2D eigenvalue weighted by Gasteiger charge is -2.04. The van der Waals surface area contributed by atoms with Gasteiger partial charge >= 0.3 is 0 Å².